The number of carbonyl (C=O) groups is 1. The maximum atomic E-state index is 12.9. The predicted molar refractivity (Wildman–Crippen MR) is 82.6 cm³/mol. The van der Waals surface area contributed by atoms with E-state index in [4.69, 9.17) is 0 Å². The van der Waals surface area contributed by atoms with Crippen molar-refractivity contribution in [1.82, 2.24) is 14.7 Å². The van der Waals surface area contributed by atoms with E-state index in [1.165, 1.54) is 11.1 Å². The maximum Gasteiger partial charge on any atom is 0.417 e. The molecule has 1 N–H and O–H groups in total. The van der Waals surface area contributed by atoms with Crippen molar-refractivity contribution in [2.45, 2.75) is 58.4 Å². The van der Waals surface area contributed by atoms with Crippen LogP contribution in [0.25, 0.3) is 0 Å². The van der Waals surface area contributed by atoms with Crippen molar-refractivity contribution in [3.05, 3.63) is 17.5 Å². The molecule has 0 aliphatic carbocycles. The zero-order chi connectivity index (χ0) is 18.1. The smallest absolute Gasteiger partial charge is 0.380 e. The zero-order valence-electron chi connectivity index (χ0n) is 14.2. The van der Waals surface area contributed by atoms with E-state index in [0.29, 0.717) is 24.4 Å². The largest absolute Gasteiger partial charge is 0.417 e. The van der Waals surface area contributed by atoms with Gasteiger partial charge in [-0.25, -0.2) is 0 Å². The molecule has 8 heteroatoms. The van der Waals surface area contributed by atoms with Crippen molar-refractivity contribution in [2.75, 3.05) is 13.1 Å². The Kier molecular flexibility index (Phi) is 5.27. The second-order valence-corrected chi connectivity index (χ2v) is 6.76. The van der Waals surface area contributed by atoms with Crippen LogP contribution in [0.2, 0.25) is 0 Å². The lowest BCUT2D eigenvalue weighted by Gasteiger charge is -2.39. The molecule has 2 rings (SSSR count). The lowest BCUT2D eigenvalue weighted by atomic mass is 9.90. The minimum Gasteiger partial charge on any atom is -0.380 e. The summed E-state index contributed by atoms with van der Waals surface area (Å²) in [5.41, 5.74) is -1.46. The number of aromatic nitrogens is 2. The molecule has 0 bridgehead atoms. The second kappa shape index (κ2) is 6.74. The Balaban J connectivity index is 2.13. The summed E-state index contributed by atoms with van der Waals surface area (Å²) in [5.74, 6) is 0.0565. The normalized spacial score (nSPS) is 18.2. The summed E-state index contributed by atoms with van der Waals surface area (Å²) in [4.78, 5) is 14.0. The van der Waals surface area contributed by atoms with Gasteiger partial charge in [0.15, 0.2) is 5.60 Å². The van der Waals surface area contributed by atoms with Crippen LogP contribution in [0.3, 0.4) is 0 Å². The number of likely N-dealkylation sites (tertiary alicyclic amines) is 1. The molecular formula is C16H24F3N3O2. The molecule has 5 nitrogen and oxygen atoms in total. The van der Waals surface area contributed by atoms with Crippen LogP contribution in [0.5, 0.6) is 0 Å². The Labute approximate surface area is 139 Å². The molecule has 0 unspecified atom stereocenters. The fourth-order valence-electron chi connectivity index (χ4n) is 3.00. The van der Waals surface area contributed by atoms with E-state index in [1.54, 1.807) is 4.68 Å². The van der Waals surface area contributed by atoms with Gasteiger partial charge in [0.1, 0.15) is 0 Å². The summed E-state index contributed by atoms with van der Waals surface area (Å²) in [7, 11) is 0. The molecule has 1 aliphatic rings. The third kappa shape index (κ3) is 3.58. The van der Waals surface area contributed by atoms with E-state index in [9.17, 15) is 23.1 Å². The number of hydrogen-bond acceptors (Lipinski definition) is 3. The molecule has 1 aromatic heterocycles. The monoisotopic (exact) mass is 347 g/mol. The summed E-state index contributed by atoms with van der Waals surface area (Å²) in [6, 6.07) is 0. The fraction of sp³-hybridized carbons (Fsp3) is 0.750. The SMILES string of the molecule is CCc1c(C(=O)N2CCC(O)(C(F)(F)F)CC2)cnn1CC(C)C. The number of nitrogens with zero attached hydrogens (tertiary/aromatic N) is 3. The fourth-order valence-corrected chi connectivity index (χ4v) is 3.00. The molecule has 136 valence electrons. The van der Waals surface area contributed by atoms with Crippen LogP contribution in [0.1, 0.15) is 49.7 Å². The van der Waals surface area contributed by atoms with E-state index in [0.717, 1.165) is 5.69 Å². The second-order valence-electron chi connectivity index (χ2n) is 6.76. The third-order valence-corrected chi connectivity index (χ3v) is 4.46. The zero-order valence-corrected chi connectivity index (χ0v) is 14.2. The summed E-state index contributed by atoms with van der Waals surface area (Å²) in [5, 5.41) is 14.0. The Morgan fingerprint density at radius 2 is 1.96 bits per heavy atom. The number of halogens is 3. The molecule has 1 saturated heterocycles. The van der Waals surface area contributed by atoms with E-state index < -0.39 is 24.6 Å². The minimum atomic E-state index is -4.67. The summed E-state index contributed by atoms with van der Waals surface area (Å²) in [6.45, 7) is 6.46. The Bertz CT molecular complexity index is 588. The van der Waals surface area contributed by atoms with Gasteiger partial charge in [0.25, 0.3) is 5.91 Å². The van der Waals surface area contributed by atoms with Crippen molar-refractivity contribution < 1.29 is 23.1 Å². The van der Waals surface area contributed by atoms with Crippen LogP contribution in [0.15, 0.2) is 6.20 Å². The summed E-state index contributed by atoms with van der Waals surface area (Å²) < 4.78 is 40.3. The third-order valence-electron chi connectivity index (χ3n) is 4.46. The van der Waals surface area contributed by atoms with E-state index in [1.807, 2.05) is 20.8 Å². The van der Waals surface area contributed by atoms with Crippen LogP contribution in [0.4, 0.5) is 13.2 Å². The van der Waals surface area contributed by atoms with Crippen LogP contribution < -0.4 is 0 Å². The van der Waals surface area contributed by atoms with E-state index in [-0.39, 0.29) is 19.0 Å². The number of hydrogen-bond donors (Lipinski definition) is 1. The molecule has 0 aromatic carbocycles. The molecule has 1 aromatic rings. The van der Waals surface area contributed by atoms with Gasteiger partial charge in [-0.2, -0.15) is 18.3 Å². The number of piperidine rings is 1. The number of aliphatic hydroxyl groups is 1. The maximum absolute atomic E-state index is 12.9. The molecule has 0 spiro atoms. The first-order valence-corrected chi connectivity index (χ1v) is 8.22. The minimum absolute atomic E-state index is 0.118. The summed E-state index contributed by atoms with van der Waals surface area (Å²) >= 11 is 0. The number of carbonyl (C=O) groups excluding carboxylic acids is 1. The van der Waals surface area contributed by atoms with Crippen LogP contribution in [-0.2, 0) is 13.0 Å². The lowest BCUT2D eigenvalue weighted by Crippen LogP contribution is -2.54. The molecule has 1 fully saturated rings. The Morgan fingerprint density at radius 1 is 1.38 bits per heavy atom. The van der Waals surface area contributed by atoms with Crippen LogP contribution >= 0.6 is 0 Å². The van der Waals surface area contributed by atoms with Gasteiger partial charge in [-0.05, 0) is 12.3 Å². The molecule has 1 aliphatic heterocycles. The highest BCUT2D eigenvalue weighted by Crippen LogP contribution is 2.38. The quantitative estimate of drug-likeness (QED) is 0.911. The van der Waals surface area contributed by atoms with E-state index >= 15 is 0 Å². The van der Waals surface area contributed by atoms with Crippen molar-refractivity contribution in [3.63, 3.8) is 0 Å². The van der Waals surface area contributed by atoms with Gasteiger partial charge < -0.3 is 10.0 Å². The van der Waals surface area contributed by atoms with Gasteiger partial charge in [0, 0.05) is 32.5 Å². The Morgan fingerprint density at radius 3 is 2.42 bits per heavy atom. The average molecular weight is 347 g/mol. The van der Waals surface area contributed by atoms with Crippen LogP contribution in [-0.4, -0.2) is 50.6 Å². The molecule has 24 heavy (non-hydrogen) atoms. The predicted octanol–water partition coefficient (Wildman–Crippen LogP) is 2.63. The lowest BCUT2D eigenvalue weighted by molar-refractivity contribution is -0.271. The van der Waals surface area contributed by atoms with Crippen molar-refractivity contribution >= 4 is 5.91 Å². The Hall–Kier alpha value is -1.57. The van der Waals surface area contributed by atoms with Gasteiger partial charge in [-0.15, -0.1) is 0 Å². The van der Waals surface area contributed by atoms with Crippen molar-refractivity contribution in [2.24, 2.45) is 5.92 Å². The topological polar surface area (TPSA) is 58.4 Å². The summed E-state index contributed by atoms with van der Waals surface area (Å²) in [6.07, 6.45) is -3.55. The van der Waals surface area contributed by atoms with Gasteiger partial charge >= 0.3 is 6.18 Å². The first-order chi connectivity index (χ1) is 11.1. The van der Waals surface area contributed by atoms with E-state index in [2.05, 4.69) is 5.10 Å². The van der Waals surface area contributed by atoms with Gasteiger partial charge in [0.05, 0.1) is 17.5 Å². The molecule has 2 heterocycles. The van der Waals surface area contributed by atoms with Crippen molar-refractivity contribution in [3.8, 4) is 0 Å². The first-order valence-electron chi connectivity index (χ1n) is 8.22. The highest BCUT2D eigenvalue weighted by atomic mass is 19.4. The molecule has 1 amide bonds. The molecular weight excluding hydrogens is 323 g/mol. The number of rotatable bonds is 4. The average Bonchev–Trinajstić information content (AvgIpc) is 2.88. The van der Waals surface area contributed by atoms with Gasteiger partial charge in [0.2, 0.25) is 0 Å². The highest BCUT2D eigenvalue weighted by molar-refractivity contribution is 5.95. The number of alkyl halides is 3. The molecule has 0 atom stereocenters. The number of amides is 1. The molecule has 0 radical (unpaired) electrons. The first kappa shape index (κ1) is 18.8. The van der Waals surface area contributed by atoms with Gasteiger partial charge in [-0.3, -0.25) is 9.48 Å². The van der Waals surface area contributed by atoms with Crippen molar-refractivity contribution in [1.29, 1.82) is 0 Å². The van der Waals surface area contributed by atoms with Crippen LogP contribution in [0, 0.1) is 5.92 Å². The standard InChI is InChI=1S/C16H24F3N3O2/c1-4-13-12(9-20-22(13)10-11(2)3)14(23)21-7-5-15(24,6-8-21)16(17,18)19/h9,11,24H,4-8,10H2,1-3H3. The highest BCUT2D eigenvalue weighted by Gasteiger charge is 2.55. The molecule has 0 saturated carbocycles. The van der Waals surface area contributed by atoms with Gasteiger partial charge in [-0.1, -0.05) is 20.8 Å².